The molecule has 8 nitrogen and oxygen atoms in total. The zero-order valence-electron chi connectivity index (χ0n) is 13.6. The quantitative estimate of drug-likeness (QED) is 0.590. The smallest absolute Gasteiger partial charge is 0.232 e. The molecule has 4 rings (SSSR count). The molecule has 0 bridgehead atoms. The normalized spacial score (nSPS) is 10.9. The highest BCUT2D eigenvalue weighted by atomic mass is 15.4. The van der Waals surface area contributed by atoms with E-state index in [1.165, 1.54) is 0 Å². The number of benzene rings is 2. The van der Waals surface area contributed by atoms with Crippen LogP contribution in [-0.4, -0.2) is 29.9 Å². The maximum absolute atomic E-state index is 5.85. The van der Waals surface area contributed by atoms with E-state index < -0.39 is 0 Å². The maximum Gasteiger partial charge on any atom is 0.232 e. The Morgan fingerprint density at radius 1 is 1.00 bits per heavy atom. The van der Waals surface area contributed by atoms with E-state index in [0.29, 0.717) is 18.3 Å². The van der Waals surface area contributed by atoms with Crippen molar-refractivity contribution in [3.63, 3.8) is 0 Å². The first-order valence-corrected chi connectivity index (χ1v) is 7.80. The van der Waals surface area contributed by atoms with Gasteiger partial charge < -0.3 is 11.1 Å². The number of hydrogen-bond donors (Lipinski definition) is 2. The highest BCUT2D eigenvalue weighted by Gasteiger charge is 2.10. The van der Waals surface area contributed by atoms with Gasteiger partial charge in [-0.1, -0.05) is 35.5 Å². The second-order valence-corrected chi connectivity index (χ2v) is 5.61. The number of fused-ring (bicyclic) bond motifs is 1. The second kappa shape index (κ2) is 6.16. The van der Waals surface area contributed by atoms with E-state index in [0.717, 1.165) is 22.3 Å². The largest absolute Gasteiger partial charge is 0.368 e. The third-order valence-corrected chi connectivity index (χ3v) is 3.80. The Morgan fingerprint density at radius 2 is 1.80 bits per heavy atom. The van der Waals surface area contributed by atoms with Gasteiger partial charge in [0.25, 0.3) is 0 Å². The summed E-state index contributed by atoms with van der Waals surface area (Å²) in [6, 6.07) is 15.6. The van der Waals surface area contributed by atoms with Gasteiger partial charge in [0.1, 0.15) is 12.1 Å². The Kier molecular flexibility index (Phi) is 3.70. The molecule has 2 heterocycles. The molecular formula is C17H16N8. The molecule has 4 aromatic rings. The lowest BCUT2D eigenvalue weighted by atomic mass is 10.2. The molecule has 0 saturated heterocycles. The molecule has 0 aliphatic rings. The van der Waals surface area contributed by atoms with E-state index in [9.17, 15) is 0 Å². The minimum Gasteiger partial charge on any atom is -0.368 e. The first-order chi connectivity index (χ1) is 12.2. The molecule has 2 aromatic heterocycles. The minimum atomic E-state index is 0.158. The molecule has 0 aliphatic carbocycles. The van der Waals surface area contributed by atoms with Crippen molar-refractivity contribution in [1.29, 1.82) is 0 Å². The average Bonchev–Trinajstić information content (AvgIpc) is 3.00. The number of rotatable bonds is 4. The fourth-order valence-corrected chi connectivity index (χ4v) is 2.57. The monoisotopic (exact) mass is 332 g/mol. The SMILES string of the molecule is Cc1ccccc1Nc1nc(N)nc(Cn2nnc3ccccc32)n1. The molecule has 0 radical (unpaired) electrons. The van der Waals surface area contributed by atoms with E-state index in [1.807, 2.05) is 55.5 Å². The van der Waals surface area contributed by atoms with Crippen LogP contribution in [0, 0.1) is 6.92 Å². The summed E-state index contributed by atoms with van der Waals surface area (Å²) in [5.74, 6) is 1.07. The van der Waals surface area contributed by atoms with Crippen LogP contribution in [0.25, 0.3) is 11.0 Å². The van der Waals surface area contributed by atoms with E-state index >= 15 is 0 Å². The number of aromatic nitrogens is 6. The molecule has 0 saturated carbocycles. The summed E-state index contributed by atoms with van der Waals surface area (Å²) in [6.07, 6.45) is 0. The summed E-state index contributed by atoms with van der Waals surface area (Å²) >= 11 is 0. The molecule has 0 amide bonds. The van der Waals surface area contributed by atoms with Crippen molar-refractivity contribution in [2.75, 3.05) is 11.1 Å². The summed E-state index contributed by atoms with van der Waals surface area (Å²) < 4.78 is 1.74. The molecular weight excluding hydrogens is 316 g/mol. The second-order valence-electron chi connectivity index (χ2n) is 5.61. The molecule has 0 spiro atoms. The van der Waals surface area contributed by atoms with Gasteiger partial charge in [-0.3, -0.25) is 0 Å². The number of nitrogens with one attached hydrogen (secondary N) is 1. The molecule has 0 atom stereocenters. The van der Waals surface area contributed by atoms with Gasteiger partial charge in [-0.2, -0.15) is 15.0 Å². The van der Waals surface area contributed by atoms with Gasteiger partial charge in [-0.25, -0.2) is 4.68 Å². The number of hydrogen-bond acceptors (Lipinski definition) is 7. The zero-order valence-corrected chi connectivity index (χ0v) is 13.6. The number of nitrogens with two attached hydrogens (primary N) is 1. The van der Waals surface area contributed by atoms with Gasteiger partial charge in [-0.15, -0.1) is 5.10 Å². The van der Waals surface area contributed by atoms with E-state index in [2.05, 4.69) is 30.6 Å². The summed E-state index contributed by atoms with van der Waals surface area (Å²) in [4.78, 5) is 12.8. The van der Waals surface area contributed by atoms with Crippen LogP contribution in [0.4, 0.5) is 17.6 Å². The maximum atomic E-state index is 5.85. The lowest BCUT2D eigenvalue weighted by Gasteiger charge is -2.09. The summed E-state index contributed by atoms with van der Waals surface area (Å²) in [6.45, 7) is 2.37. The molecule has 124 valence electrons. The first-order valence-electron chi connectivity index (χ1n) is 7.80. The lowest BCUT2D eigenvalue weighted by molar-refractivity contribution is 0.642. The van der Waals surface area contributed by atoms with Crippen LogP contribution >= 0.6 is 0 Å². The third kappa shape index (κ3) is 3.09. The van der Waals surface area contributed by atoms with Crippen molar-refractivity contribution in [2.24, 2.45) is 0 Å². The van der Waals surface area contributed by atoms with Crippen LogP contribution in [0.2, 0.25) is 0 Å². The van der Waals surface area contributed by atoms with Crippen molar-refractivity contribution in [1.82, 2.24) is 29.9 Å². The Hall–Kier alpha value is -3.55. The summed E-state index contributed by atoms with van der Waals surface area (Å²) in [7, 11) is 0. The highest BCUT2D eigenvalue weighted by molar-refractivity contribution is 5.73. The molecule has 2 aromatic carbocycles. The predicted octanol–water partition coefficient (Wildman–Crippen LogP) is 2.30. The van der Waals surface area contributed by atoms with Gasteiger partial charge in [0.15, 0.2) is 5.82 Å². The van der Waals surface area contributed by atoms with Crippen LogP contribution in [0.3, 0.4) is 0 Å². The molecule has 0 unspecified atom stereocenters. The number of para-hydroxylation sites is 2. The summed E-state index contributed by atoms with van der Waals surface area (Å²) in [5, 5.41) is 11.5. The van der Waals surface area contributed by atoms with Crippen molar-refractivity contribution in [3.8, 4) is 0 Å². The Bertz CT molecular complexity index is 1040. The first kappa shape index (κ1) is 15.0. The Morgan fingerprint density at radius 3 is 2.68 bits per heavy atom. The van der Waals surface area contributed by atoms with Crippen LogP contribution in [0.1, 0.15) is 11.4 Å². The van der Waals surface area contributed by atoms with Crippen molar-refractivity contribution in [2.45, 2.75) is 13.5 Å². The van der Waals surface area contributed by atoms with Gasteiger partial charge in [0.05, 0.1) is 5.52 Å². The van der Waals surface area contributed by atoms with Crippen LogP contribution in [0.5, 0.6) is 0 Å². The van der Waals surface area contributed by atoms with Gasteiger partial charge in [-0.05, 0) is 30.7 Å². The number of nitrogen functional groups attached to an aromatic ring is 1. The molecule has 3 N–H and O–H groups in total. The highest BCUT2D eigenvalue weighted by Crippen LogP contribution is 2.18. The minimum absolute atomic E-state index is 0.158. The van der Waals surface area contributed by atoms with E-state index in [4.69, 9.17) is 5.73 Å². The number of anilines is 3. The van der Waals surface area contributed by atoms with E-state index in [-0.39, 0.29) is 5.95 Å². The van der Waals surface area contributed by atoms with Crippen molar-refractivity contribution >= 4 is 28.6 Å². The zero-order chi connectivity index (χ0) is 17.2. The summed E-state index contributed by atoms with van der Waals surface area (Å²) in [5.41, 5.74) is 9.59. The lowest BCUT2D eigenvalue weighted by Crippen LogP contribution is -2.11. The van der Waals surface area contributed by atoms with Crippen molar-refractivity contribution in [3.05, 3.63) is 59.9 Å². The molecule has 0 aliphatic heterocycles. The van der Waals surface area contributed by atoms with Crippen LogP contribution in [0.15, 0.2) is 48.5 Å². The molecule has 25 heavy (non-hydrogen) atoms. The topological polar surface area (TPSA) is 107 Å². The third-order valence-electron chi connectivity index (χ3n) is 3.80. The van der Waals surface area contributed by atoms with E-state index in [1.54, 1.807) is 4.68 Å². The van der Waals surface area contributed by atoms with Gasteiger partial charge in [0.2, 0.25) is 11.9 Å². The van der Waals surface area contributed by atoms with Gasteiger partial charge in [0, 0.05) is 5.69 Å². The fourth-order valence-electron chi connectivity index (χ4n) is 2.57. The van der Waals surface area contributed by atoms with Crippen LogP contribution in [-0.2, 0) is 6.54 Å². The number of nitrogens with zero attached hydrogens (tertiary/aromatic N) is 6. The Labute approximate surface area is 143 Å². The molecule has 8 heteroatoms. The Balaban J connectivity index is 1.64. The van der Waals surface area contributed by atoms with Crippen molar-refractivity contribution < 1.29 is 0 Å². The molecule has 0 fully saturated rings. The fraction of sp³-hybridized carbons (Fsp3) is 0.118. The standard InChI is InChI=1S/C17H16N8/c1-11-6-2-3-7-12(11)19-17-21-15(20-16(18)22-17)10-25-14-9-5-4-8-13(14)23-24-25/h2-9H,10H2,1H3,(H3,18,19,20,21,22). The predicted molar refractivity (Wildman–Crippen MR) is 95.3 cm³/mol. The van der Waals surface area contributed by atoms with Crippen LogP contribution < -0.4 is 11.1 Å². The van der Waals surface area contributed by atoms with Gasteiger partial charge >= 0.3 is 0 Å². The average molecular weight is 332 g/mol. The number of aryl methyl sites for hydroxylation is 1.